The molecule has 0 saturated heterocycles. The van der Waals surface area contributed by atoms with Gasteiger partial charge in [-0.2, -0.15) is 0 Å². The Morgan fingerprint density at radius 2 is 1.73 bits per heavy atom. The van der Waals surface area contributed by atoms with Crippen molar-refractivity contribution < 1.29 is 22.7 Å². The molecule has 0 spiro atoms. The van der Waals surface area contributed by atoms with Crippen LogP contribution in [0.4, 0.5) is 5.69 Å². The molecule has 0 unspecified atom stereocenters. The van der Waals surface area contributed by atoms with Gasteiger partial charge in [0.25, 0.3) is 5.91 Å². The first-order valence-electron chi connectivity index (χ1n) is 9.65. The lowest BCUT2D eigenvalue weighted by atomic mass is 9.97. The molecule has 168 valence electrons. The Bertz CT molecular complexity index is 1400. The summed E-state index contributed by atoms with van der Waals surface area (Å²) in [6, 6.07) is 15.7. The van der Waals surface area contributed by atoms with Crippen molar-refractivity contribution in [3.63, 3.8) is 0 Å². The normalized spacial score (nSPS) is 10.7. The fraction of sp³-hybridized carbons (Fsp3) is 0.0833. The van der Waals surface area contributed by atoms with Gasteiger partial charge >= 0.3 is 5.97 Å². The van der Waals surface area contributed by atoms with Crippen LogP contribution >= 0.6 is 0 Å². The van der Waals surface area contributed by atoms with Crippen LogP contribution in [0.25, 0.3) is 11.1 Å². The SMILES string of the molecule is Cc1cccc(C(=O)OCC#Cc2cc(C(N)=O)c(N)c(-c3ccc(S(N)(=O)=O)cc3)c2)c1. The number of esters is 1. The molecule has 0 saturated carbocycles. The quantitative estimate of drug-likeness (QED) is 0.299. The van der Waals surface area contributed by atoms with Crippen molar-refractivity contribution in [2.45, 2.75) is 11.8 Å². The number of aryl methyl sites for hydroxylation is 1. The van der Waals surface area contributed by atoms with E-state index in [2.05, 4.69) is 11.8 Å². The van der Waals surface area contributed by atoms with Gasteiger partial charge in [0.2, 0.25) is 10.0 Å². The molecule has 0 aromatic heterocycles. The van der Waals surface area contributed by atoms with Crippen LogP contribution in [0, 0.1) is 18.8 Å². The smallest absolute Gasteiger partial charge is 0.339 e. The summed E-state index contributed by atoms with van der Waals surface area (Å²) in [6.07, 6.45) is 0. The molecule has 0 fully saturated rings. The van der Waals surface area contributed by atoms with Crippen LogP contribution in [0.1, 0.15) is 31.8 Å². The monoisotopic (exact) mass is 463 g/mol. The molecule has 0 aliphatic rings. The van der Waals surface area contributed by atoms with Crippen molar-refractivity contribution >= 4 is 27.6 Å². The van der Waals surface area contributed by atoms with Crippen molar-refractivity contribution in [2.24, 2.45) is 10.9 Å². The third kappa shape index (κ3) is 5.77. The molecule has 3 aromatic rings. The second kappa shape index (κ2) is 9.56. The third-order valence-electron chi connectivity index (χ3n) is 4.70. The van der Waals surface area contributed by atoms with Crippen molar-refractivity contribution in [3.05, 3.63) is 82.9 Å². The third-order valence-corrected chi connectivity index (χ3v) is 5.63. The average Bonchev–Trinajstić information content (AvgIpc) is 2.76. The zero-order chi connectivity index (χ0) is 24.2. The Kier molecular flexibility index (Phi) is 6.82. The van der Waals surface area contributed by atoms with E-state index in [0.717, 1.165) is 5.56 Å². The van der Waals surface area contributed by atoms with E-state index in [0.29, 0.717) is 22.3 Å². The van der Waals surface area contributed by atoms with E-state index < -0.39 is 21.9 Å². The van der Waals surface area contributed by atoms with Crippen molar-refractivity contribution in [3.8, 4) is 23.0 Å². The standard InChI is InChI=1S/C24H21N3O5S/c1-15-4-2-6-18(12-15)24(29)32-11-3-5-16-13-20(22(25)21(14-16)23(26)28)17-7-9-19(10-8-17)33(27,30)31/h2,4,6-10,12-14H,11,25H2,1H3,(H2,26,28)(H2,27,30,31). The van der Waals surface area contributed by atoms with Gasteiger partial charge < -0.3 is 16.2 Å². The van der Waals surface area contributed by atoms with Gasteiger partial charge in [-0.3, -0.25) is 4.79 Å². The highest BCUT2D eigenvalue weighted by Gasteiger charge is 2.15. The largest absolute Gasteiger partial charge is 0.449 e. The molecule has 3 aromatic carbocycles. The number of ether oxygens (including phenoxy) is 1. The first kappa shape index (κ1) is 23.5. The first-order chi connectivity index (χ1) is 15.6. The average molecular weight is 464 g/mol. The number of amides is 1. The molecule has 0 radical (unpaired) electrons. The van der Waals surface area contributed by atoms with Crippen molar-refractivity contribution in [1.82, 2.24) is 0 Å². The minimum atomic E-state index is -3.86. The molecular weight excluding hydrogens is 442 g/mol. The highest BCUT2D eigenvalue weighted by atomic mass is 32.2. The van der Waals surface area contributed by atoms with Crippen LogP contribution in [-0.2, 0) is 14.8 Å². The fourth-order valence-electron chi connectivity index (χ4n) is 3.09. The summed E-state index contributed by atoms with van der Waals surface area (Å²) in [5.41, 5.74) is 14.5. The highest BCUT2D eigenvalue weighted by molar-refractivity contribution is 7.89. The van der Waals surface area contributed by atoms with E-state index in [1.807, 2.05) is 13.0 Å². The molecule has 0 heterocycles. The number of nitrogens with two attached hydrogens (primary N) is 3. The molecule has 9 heteroatoms. The maximum absolute atomic E-state index is 12.1. The molecule has 6 N–H and O–H groups in total. The van der Waals surface area contributed by atoms with Crippen LogP contribution in [0.5, 0.6) is 0 Å². The lowest BCUT2D eigenvalue weighted by Gasteiger charge is -2.11. The van der Waals surface area contributed by atoms with Gasteiger partial charge in [0, 0.05) is 11.1 Å². The minimum absolute atomic E-state index is 0.0593. The number of carbonyl (C=O) groups excluding carboxylic acids is 2. The Morgan fingerprint density at radius 1 is 1.03 bits per heavy atom. The number of rotatable bonds is 5. The molecule has 33 heavy (non-hydrogen) atoms. The number of primary sulfonamides is 1. The fourth-order valence-corrected chi connectivity index (χ4v) is 3.60. The summed E-state index contributed by atoms with van der Waals surface area (Å²) < 4.78 is 28.1. The number of benzene rings is 3. The van der Waals surface area contributed by atoms with E-state index >= 15 is 0 Å². The zero-order valence-corrected chi connectivity index (χ0v) is 18.5. The van der Waals surface area contributed by atoms with Gasteiger partial charge in [-0.05, 0) is 48.9 Å². The van der Waals surface area contributed by atoms with Gasteiger partial charge in [0.1, 0.15) is 0 Å². The summed E-state index contributed by atoms with van der Waals surface area (Å²) in [6.45, 7) is 1.70. The van der Waals surface area contributed by atoms with Gasteiger partial charge in [0.05, 0.1) is 21.7 Å². The Hall–Kier alpha value is -4.13. The molecule has 0 aliphatic carbocycles. The van der Waals surface area contributed by atoms with Gasteiger partial charge in [-0.15, -0.1) is 0 Å². The van der Waals surface area contributed by atoms with E-state index in [4.69, 9.17) is 21.3 Å². The lowest BCUT2D eigenvalue weighted by molar-refractivity contribution is 0.0556. The summed E-state index contributed by atoms with van der Waals surface area (Å²) in [5, 5.41) is 5.13. The predicted octanol–water partition coefficient (Wildman–Crippen LogP) is 2.20. The van der Waals surface area contributed by atoms with Crippen LogP contribution in [-0.4, -0.2) is 26.9 Å². The Balaban J connectivity index is 1.87. The van der Waals surface area contributed by atoms with Crippen LogP contribution in [0.3, 0.4) is 0 Å². The van der Waals surface area contributed by atoms with Gasteiger partial charge in [-0.25, -0.2) is 18.4 Å². The van der Waals surface area contributed by atoms with Crippen LogP contribution in [0.15, 0.2) is 65.6 Å². The number of nitrogen functional groups attached to an aromatic ring is 1. The molecule has 0 bridgehead atoms. The number of anilines is 1. The number of carbonyl (C=O) groups is 2. The van der Waals surface area contributed by atoms with Crippen LogP contribution < -0.4 is 16.6 Å². The Labute approximate surface area is 191 Å². The minimum Gasteiger partial charge on any atom is -0.449 e. The zero-order valence-electron chi connectivity index (χ0n) is 17.7. The molecule has 8 nitrogen and oxygen atoms in total. The van der Waals surface area contributed by atoms with Gasteiger partial charge in [0.15, 0.2) is 6.61 Å². The van der Waals surface area contributed by atoms with Gasteiger partial charge in [-0.1, -0.05) is 41.7 Å². The molecule has 1 amide bonds. The summed E-state index contributed by atoms with van der Waals surface area (Å²) in [5.74, 6) is 4.31. The first-order valence-corrected chi connectivity index (χ1v) is 11.2. The highest BCUT2D eigenvalue weighted by Crippen LogP contribution is 2.30. The topological polar surface area (TPSA) is 156 Å². The summed E-state index contributed by atoms with van der Waals surface area (Å²) >= 11 is 0. The molecule has 0 atom stereocenters. The number of primary amides is 1. The second-order valence-electron chi connectivity index (χ2n) is 7.17. The second-order valence-corrected chi connectivity index (χ2v) is 8.73. The maximum atomic E-state index is 12.1. The predicted molar refractivity (Wildman–Crippen MR) is 125 cm³/mol. The number of hydrogen-bond donors (Lipinski definition) is 3. The molecular formula is C24H21N3O5S. The molecule has 3 rings (SSSR count). The Morgan fingerprint density at radius 3 is 2.33 bits per heavy atom. The summed E-state index contributed by atoms with van der Waals surface area (Å²) in [7, 11) is -3.86. The van der Waals surface area contributed by atoms with E-state index in [-0.39, 0.29) is 22.8 Å². The summed E-state index contributed by atoms with van der Waals surface area (Å²) in [4.78, 5) is 23.9. The van der Waals surface area contributed by atoms with E-state index in [1.165, 1.54) is 30.3 Å². The maximum Gasteiger partial charge on any atom is 0.339 e. The number of sulfonamides is 1. The van der Waals surface area contributed by atoms with E-state index in [9.17, 15) is 18.0 Å². The van der Waals surface area contributed by atoms with E-state index in [1.54, 1.807) is 24.3 Å². The molecule has 0 aliphatic heterocycles. The number of hydrogen-bond acceptors (Lipinski definition) is 6. The lowest BCUT2D eigenvalue weighted by Crippen LogP contribution is -2.14. The van der Waals surface area contributed by atoms with Crippen molar-refractivity contribution in [1.29, 1.82) is 0 Å². The van der Waals surface area contributed by atoms with Crippen LogP contribution in [0.2, 0.25) is 0 Å². The van der Waals surface area contributed by atoms with Crippen molar-refractivity contribution in [2.75, 3.05) is 12.3 Å².